The second-order valence-electron chi connectivity index (χ2n) is 20.0. The van der Waals surface area contributed by atoms with Crippen LogP contribution in [0.15, 0.2) is 36.5 Å². The number of hydrogen-bond acceptors (Lipinski definition) is 11. The van der Waals surface area contributed by atoms with Crippen LogP contribution in [-0.2, 0) is 32.0 Å². The third kappa shape index (κ3) is 10.8. The number of ether oxygens (including phenoxy) is 2. The van der Waals surface area contributed by atoms with Gasteiger partial charge >= 0.3 is 12.1 Å². The fourth-order valence-electron chi connectivity index (χ4n) is 10.0. The van der Waals surface area contributed by atoms with Crippen molar-refractivity contribution in [3.8, 4) is 11.3 Å². The molecule has 350 valence electrons. The molecule has 15 nitrogen and oxygen atoms in total. The van der Waals surface area contributed by atoms with Crippen molar-refractivity contribution in [3.63, 3.8) is 0 Å². The smallest absolute Gasteiger partial charge is 0.408 e. The first-order valence-electron chi connectivity index (χ1n) is 23.5. The molecule has 4 aliphatic rings. The number of carboxylic acids is 1. The van der Waals surface area contributed by atoms with E-state index in [2.05, 4.69) is 88.0 Å². The van der Waals surface area contributed by atoms with Crippen LogP contribution in [0.5, 0.6) is 0 Å². The summed E-state index contributed by atoms with van der Waals surface area (Å²) in [4.78, 5) is 51.6. The van der Waals surface area contributed by atoms with Crippen LogP contribution in [0, 0.1) is 5.41 Å². The summed E-state index contributed by atoms with van der Waals surface area (Å²) in [5.74, 6) is -1.43. The number of carbonyl (C=O) groups is 3. The van der Waals surface area contributed by atoms with Gasteiger partial charge in [0.1, 0.15) is 17.7 Å². The number of benzene rings is 1. The van der Waals surface area contributed by atoms with E-state index in [0.29, 0.717) is 44.9 Å². The number of nitrogens with one attached hydrogen (secondary N) is 2. The Kier molecular flexibility index (Phi) is 14.8. The molecule has 0 bridgehead atoms. The number of carboxylic acid groups (broad SMARTS) is 1. The summed E-state index contributed by atoms with van der Waals surface area (Å²) in [5.41, 5.74) is 10.3. The number of hydrazine groups is 1. The van der Waals surface area contributed by atoms with E-state index in [1.54, 1.807) is 27.9 Å². The molecule has 4 aliphatic heterocycles. The SMILES string of the molecule is CCn1c(-c2cc(N3CCN4CCCC[C@@H]4C3)cnc2[C@H](C)OC)c(CC(C)(C)CO)c2cc(C3=CCCN(C[C@H](NC(=O)OC(C)(C)C)C(=O)N4CCC[C@@H](C(=O)O)N4)C3)ccc21. The molecule has 0 unspecified atom stereocenters. The lowest BCUT2D eigenvalue weighted by atomic mass is 9.84. The average Bonchev–Trinajstić information content (AvgIpc) is 3.58. The normalized spacial score (nSPS) is 21.3. The lowest BCUT2D eigenvalue weighted by Gasteiger charge is -2.45. The van der Waals surface area contributed by atoms with Crippen molar-refractivity contribution in [3.05, 3.63) is 53.4 Å². The highest BCUT2D eigenvalue weighted by atomic mass is 16.6. The number of carbonyl (C=O) groups excluding carboxylic acids is 2. The van der Waals surface area contributed by atoms with Crippen molar-refractivity contribution < 1.29 is 34.1 Å². The Hall–Kier alpha value is -4.54. The first-order chi connectivity index (χ1) is 30.5. The number of pyridine rings is 1. The summed E-state index contributed by atoms with van der Waals surface area (Å²) in [6, 6.07) is 7.69. The number of hydrogen-bond donors (Lipinski definition) is 4. The number of aliphatic hydroxyl groups excluding tert-OH is 1. The molecule has 3 saturated heterocycles. The van der Waals surface area contributed by atoms with Crippen LogP contribution in [0.1, 0.15) is 110 Å². The van der Waals surface area contributed by atoms with Gasteiger partial charge in [-0.3, -0.25) is 29.4 Å². The fraction of sp³-hybridized carbons (Fsp3) is 0.633. The zero-order valence-electron chi connectivity index (χ0n) is 39.4. The highest BCUT2D eigenvalue weighted by Crippen LogP contribution is 2.43. The van der Waals surface area contributed by atoms with E-state index in [1.807, 2.05) is 6.20 Å². The second kappa shape index (κ2) is 19.9. The number of amides is 2. The third-order valence-electron chi connectivity index (χ3n) is 13.4. The molecule has 0 aliphatic carbocycles. The highest BCUT2D eigenvalue weighted by molar-refractivity contribution is 5.95. The zero-order valence-corrected chi connectivity index (χ0v) is 39.4. The number of anilines is 1. The van der Waals surface area contributed by atoms with Gasteiger partial charge in [0, 0.05) is 88.6 Å². The minimum Gasteiger partial charge on any atom is -0.480 e. The lowest BCUT2D eigenvalue weighted by Crippen LogP contribution is -2.62. The van der Waals surface area contributed by atoms with Crippen LogP contribution in [0.4, 0.5) is 10.5 Å². The fourth-order valence-corrected chi connectivity index (χ4v) is 10.0. The number of piperidine rings is 1. The van der Waals surface area contributed by atoms with Gasteiger partial charge in [0.2, 0.25) is 0 Å². The predicted octanol–water partition coefficient (Wildman–Crippen LogP) is 6.23. The van der Waals surface area contributed by atoms with Gasteiger partial charge in [-0.1, -0.05) is 32.4 Å². The van der Waals surface area contributed by atoms with E-state index >= 15 is 0 Å². The van der Waals surface area contributed by atoms with Gasteiger partial charge in [0.15, 0.2) is 0 Å². The Morgan fingerprint density at radius 2 is 1.81 bits per heavy atom. The number of piperazine rings is 1. The summed E-state index contributed by atoms with van der Waals surface area (Å²) >= 11 is 0. The van der Waals surface area contributed by atoms with Gasteiger partial charge in [0.25, 0.3) is 5.91 Å². The molecule has 3 aromatic rings. The third-order valence-corrected chi connectivity index (χ3v) is 13.4. The number of rotatable bonds is 14. The minimum atomic E-state index is -1.02. The molecule has 3 fully saturated rings. The van der Waals surface area contributed by atoms with E-state index in [4.69, 9.17) is 14.5 Å². The predicted molar refractivity (Wildman–Crippen MR) is 250 cm³/mol. The van der Waals surface area contributed by atoms with E-state index in [-0.39, 0.29) is 19.3 Å². The van der Waals surface area contributed by atoms with Crippen LogP contribution in [-0.4, -0.2) is 142 Å². The number of aliphatic hydroxyl groups is 1. The van der Waals surface area contributed by atoms with Crippen LogP contribution in [0.2, 0.25) is 0 Å². The Labute approximate surface area is 379 Å². The van der Waals surface area contributed by atoms with Gasteiger partial charge in [-0.05, 0) is 120 Å². The molecule has 15 heteroatoms. The van der Waals surface area contributed by atoms with Gasteiger partial charge in [-0.15, -0.1) is 0 Å². The number of nitrogens with zero attached hydrogens (tertiary/aromatic N) is 6. The summed E-state index contributed by atoms with van der Waals surface area (Å²) in [6.45, 7) is 20.4. The van der Waals surface area contributed by atoms with E-state index in [1.165, 1.54) is 30.8 Å². The standard InChI is InChI=1S/C49H72N8O7/c1-9-56-42-18-17-33(34-14-12-19-53(28-34)30-41(51-47(62)64-48(3,4)5)45(59)57-21-13-16-40(52-57)46(60)61)24-37(42)39(26-49(6,7)31-58)44(56)38-25-36(27-50-43(38)32(2)63-8)55-23-22-54-20-11-10-15-35(54)29-55/h14,17-18,24-25,27,32,35,40-41,52,58H,9-13,15-16,19-23,26,28-31H2,1-8H3,(H,51,62)(H,60,61)/t32-,35+,40-,41-/m0/s1. The molecule has 4 atom stereocenters. The molecule has 0 radical (unpaired) electrons. The molecule has 64 heavy (non-hydrogen) atoms. The summed E-state index contributed by atoms with van der Waals surface area (Å²) in [6.07, 6.45) is 9.41. The molecule has 4 N–H and O–H groups in total. The van der Waals surface area contributed by atoms with Crippen LogP contribution in [0.3, 0.4) is 0 Å². The van der Waals surface area contributed by atoms with Crippen LogP contribution >= 0.6 is 0 Å². The Morgan fingerprint density at radius 1 is 1.02 bits per heavy atom. The maximum atomic E-state index is 14.1. The molecule has 1 aromatic carbocycles. The average molecular weight is 885 g/mol. The first kappa shape index (κ1) is 47.4. The zero-order chi connectivity index (χ0) is 45.9. The summed E-state index contributed by atoms with van der Waals surface area (Å²) in [7, 11) is 1.73. The maximum absolute atomic E-state index is 14.1. The Balaban J connectivity index is 1.24. The molecule has 6 heterocycles. The maximum Gasteiger partial charge on any atom is 0.408 e. The van der Waals surface area contributed by atoms with Gasteiger partial charge in [-0.25, -0.2) is 10.2 Å². The van der Waals surface area contributed by atoms with E-state index < -0.39 is 41.1 Å². The number of methoxy groups -OCH3 is 1. The monoisotopic (exact) mass is 885 g/mol. The molecule has 2 amide bonds. The van der Waals surface area contributed by atoms with Crippen molar-refractivity contribution in [1.29, 1.82) is 0 Å². The van der Waals surface area contributed by atoms with Crippen molar-refractivity contribution in [2.24, 2.45) is 5.41 Å². The molecule has 0 saturated carbocycles. The number of fused-ring (bicyclic) bond motifs is 2. The summed E-state index contributed by atoms with van der Waals surface area (Å²) in [5, 5.41) is 25.7. The Morgan fingerprint density at radius 3 is 2.53 bits per heavy atom. The second-order valence-corrected chi connectivity index (χ2v) is 20.0. The van der Waals surface area contributed by atoms with Crippen LogP contribution in [0.25, 0.3) is 27.7 Å². The molecule has 0 spiro atoms. The van der Waals surface area contributed by atoms with Crippen molar-refractivity contribution in [2.75, 3.05) is 71.0 Å². The van der Waals surface area contributed by atoms with Gasteiger partial charge in [0.05, 0.1) is 29.4 Å². The lowest BCUT2D eigenvalue weighted by molar-refractivity contribution is -0.148. The Bertz CT molecular complexity index is 2200. The van der Waals surface area contributed by atoms with Crippen molar-refractivity contribution in [1.82, 2.24) is 35.1 Å². The number of aliphatic carboxylic acids is 1. The van der Waals surface area contributed by atoms with Gasteiger partial charge in [-0.2, -0.15) is 0 Å². The van der Waals surface area contributed by atoms with Gasteiger partial charge < -0.3 is 34.5 Å². The first-order valence-corrected chi connectivity index (χ1v) is 23.5. The molecule has 7 rings (SSSR count). The number of alkyl carbamates (subject to hydrolysis) is 1. The minimum absolute atomic E-state index is 0.0253. The molecular formula is C49H72N8O7. The van der Waals surface area contributed by atoms with Crippen LogP contribution < -0.4 is 15.6 Å². The topological polar surface area (TPSA) is 165 Å². The summed E-state index contributed by atoms with van der Waals surface area (Å²) < 4.78 is 14.0. The molecular weight excluding hydrogens is 813 g/mol. The van der Waals surface area contributed by atoms with Crippen molar-refractivity contribution in [2.45, 2.75) is 130 Å². The number of aryl methyl sites for hydroxylation is 1. The number of aromatic nitrogens is 2. The quantitative estimate of drug-likeness (QED) is 0.145. The molecule has 2 aromatic heterocycles. The van der Waals surface area contributed by atoms with E-state index in [9.17, 15) is 24.6 Å². The largest absolute Gasteiger partial charge is 0.480 e. The van der Waals surface area contributed by atoms with E-state index in [0.717, 1.165) is 82.8 Å². The highest BCUT2D eigenvalue weighted by Gasteiger charge is 2.36. The van der Waals surface area contributed by atoms with Crippen molar-refractivity contribution >= 4 is 40.1 Å².